The number of hydrogen-bond donors (Lipinski definition) is 3. The first kappa shape index (κ1) is 23.6. The summed E-state index contributed by atoms with van der Waals surface area (Å²) in [6.07, 6.45) is 10.4. The summed E-state index contributed by atoms with van der Waals surface area (Å²) in [5.41, 5.74) is 0. The van der Waals surface area contributed by atoms with E-state index in [1.54, 1.807) is 0 Å². The van der Waals surface area contributed by atoms with E-state index in [0.29, 0.717) is 6.61 Å². The molecule has 17 heavy (non-hydrogen) atoms. The SMILES string of the molecule is CCCCCCCCCCO.O=S(=O)(O)O.[H-].[K+]. The van der Waals surface area contributed by atoms with Crippen LogP contribution in [0.3, 0.4) is 0 Å². The van der Waals surface area contributed by atoms with Crippen molar-refractivity contribution in [1.29, 1.82) is 0 Å². The van der Waals surface area contributed by atoms with Crippen molar-refractivity contribution in [3.8, 4) is 0 Å². The molecule has 0 spiro atoms. The first-order chi connectivity index (χ1) is 7.41. The summed E-state index contributed by atoms with van der Waals surface area (Å²) in [5, 5.41) is 8.51. The molecule has 0 bridgehead atoms. The summed E-state index contributed by atoms with van der Waals surface area (Å²) in [6.45, 7) is 2.61. The molecule has 0 aromatic rings. The maximum atomic E-state index is 8.74. The molecule has 0 heterocycles. The Labute approximate surface area is 149 Å². The van der Waals surface area contributed by atoms with E-state index < -0.39 is 10.4 Å². The van der Waals surface area contributed by atoms with Crippen LogP contribution in [-0.2, 0) is 10.4 Å². The van der Waals surface area contributed by atoms with Crippen LogP contribution < -0.4 is 51.4 Å². The number of aliphatic hydroxyl groups excluding tert-OH is 1. The second-order valence-electron chi connectivity index (χ2n) is 3.65. The topological polar surface area (TPSA) is 94.8 Å². The monoisotopic (exact) mass is 296 g/mol. The number of aliphatic hydroxyl groups is 1. The van der Waals surface area contributed by atoms with Crippen molar-refractivity contribution in [1.82, 2.24) is 0 Å². The predicted octanol–water partition coefficient (Wildman–Crippen LogP) is -0.417. The van der Waals surface area contributed by atoms with Crippen LogP contribution in [0.25, 0.3) is 0 Å². The van der Waals surface area contributed by atoms with Crippen molar-refractivity contribution in [3.63, 3.8) is 0 Å². The zero-order chi connectivity index (χ0) is 12.9. The van der Waals surface area contributed by atoms with Gasteiger partial charge < -0.3 is 6.53 Å². The molecule has 7 heteroatoms. The molecule has 0 aliphatic rings. The normalized spacial score (nSPS) is 10.1. The average Bonchev–Trinajstić information content (AvgIpc) is 2.14. The van der Waals surface area contributed by atoms with Crippen LogP contribution >= 0.6 is 0 Å². The maximum Gasteiger partial charge on any atom is 1.00 e. The molecular weight excluding hydrogens is 271 g/mol. The Kier molecular flexibility index (Phi) is 24.2. The van der Waals surface area contributed by atoms with Gasteiger partial charge in [0.25, 0.3) is 0 Å². The first-order valence-corrected chi connectivity index (χ1v) is 7.12. The standard InChI is InChI=1S/C10H22O.K.H2O4S.H/c1-2-3-4-5-6-7-8-9-10-11;;1-5(2,3)4;/h11H,2-10H2,1H3;;(H2,1,2,3,4);/q;+1;;-1. The smallest absolute Gasteiger partial charge is 1.00 e. The summed E-state index contributed by atoms with van der Waals surface area (Å²) in [4.78, 5) is 0. The fraction of sp³-hybridized carbons (Fsp3) is 1.00. The Morgan fingerprint density at radius 2 is 1.18 bits per heavy atom. The largest absolute Gasteiger partial charge is 1.00 e. The molecule has 0 atom stereocenters. The van der Waals surface area contributed by atoms with Crippen molar-refractivity contribution in [2.45, 2.75) is 58.3 Å². The number of rotatable bonds is 8. The Morgan fingerprint density at radius 1 is 0.882 bits per heavy atom. The zero-order valence-corrected chi connectivity index (χ0v) is 14.9. The third-order valence-electron chi connectivity index (χ3n) is 2.01. The van der Waals surface area contributed by atoms with E-state index in [-0.39, 0.29) is 52.8 Å². The molecule has 0 rings (SSSR count). The van der Waals surface area contributed by atoms with Crippen molar-refractivity contribution in [2.75, 3.05) is 6.61 Å². The minimum atomic E-state index is -4.67. The van der Waals surface area contributed by atoms with Crippen LogP contribution in [0.15, 0.2) is 0 Å². The van der Waals surface area contributed by atoms with E-state index in [9.17, 15) is 0 Å². The molecule has 0 saturated heterocycles. The van der Waals surface area contributed by atoms with Gasteiger partial charge in [0.1, 0.15) is 0 Å². The Bertz CT molecular complexity index is 208. The van der Waals surface area contributed by atoms with E-state index in [2.05, 4.69) is 6.92 Å². The van der Waals surface area contributed by atoms with Crippen molar-refractivity contribution in [3.05, 3.63) is 0 Å². The van der Waals surface area contributed by atoms with E-state index in [4.69, 9.17) is 22.6 Å². The Morgan fingerprint density at radius 3 is 1.47 bits per heavy atom. The Hall–Kier alpha value is 1.47. The van der Waals surface area contributed by atoms with Crippen molar-refractivity contribution < 1.29 is 75.4 Å². The van der Waals surface area contributed by atoms with Gasteiger partial charge in [-0.15, -0.1) is 0 Å². The van der Waals surface area contributed by atoms with Crippen LogP contribution in [0, 0.1) is 0 Å². The average molecular weight is 296 g/mol. The Balaban J connectivity index is -0.000000122. The van der Waals surface area contributed by atoms with Gasteiger partial charge in [-0.3, -0.25) is 9.11 Å². The molecule has 0 unspecified atom stereocenters. The number of hydrogen-bond acceptors (Lipinski definition) is 3. The van der Waals surface area contributed by atoms with Gasteiger partial charge in [0, 0.05) is 6.61 Å². The van der Waals surface area contributed by atoms with Gasteiger partial charge in [-0.05, 0) is 6.42 Å². The van der Waals surface area contributed by atoms with Gasteiger partial charge in [-0.2, -0.15) is 8.42 Å². The van der Waals surface area contributed by atoms with Gasteiger partial charge in [-0.25, -0.2) is 0 Å². The molecule has 0 aliphatic heterocycles. The fourth-order valence-corrected chi connectivity index (χ4v) is 1.25. The van der Waals surface area contributed by atoms with Gasteiger partial charge in [-0.1, -0.05) is 51.9 Å². The molecule has 0 radical (unpaired) electrons. The van der Waals surface area contributed by atoms with Crippen LogP contribution in [0.4, 0.5) is 0 Å². The van der Waals surface area contributed by atoms with E-state index >= 15 is 0 Å². The molecule has 0 aromatic heterocycles. The maximum absolute atomic E-state index is 8.74. The van der Waals surface area contributed by atoms with E-state index in [1.165, 1.54) is 44.9 Å². The van der Waals surface area contributed by atoms with Crippen LogP contribution in [0.5, 0.6) is 0 Å². The summed E-state index contributed by atoms with van der Waals surface area (Å²) < 4.78 is 31.6. The van der Waals surface area contributed by atoms with Gasteiger partial charge in [0.15, 0.2) is 0 Å². The van der Waals surface area contributed by atoms with Gasteiger partial charge >= 0.3 is 61.8 Å². The van der Waals surface area contributed by atoms with Crippen LogP contribution in [-0.4, -0.2) is 29.2 Å². The summed E-state index contributed by atoms with van der Waals surface area (Å²) >= 11 is 0. The minimum absolute atomic E-state index is 0. The number of unbranched alkanes of at least 4 members (excludes halogenated alkanes) is 7. The molecule has 0 amide bonds. The minimum Gasteiger partial charge on any atom is -1.00 e. The molecular formula is C10H25KO5S. The first-order valence-electron chi connectivity index (χ1n) is 5.72. The third-order valence-corrected chi connectivity index (χ3v) is 2.01. The van der Waals surface area contributed by atoms with Crippen molar-refractivity contribution >= 4 is 10.4 Å². The van der Waals surface area contributed by atoms with Crippen LogP contribution in [0.2, 0.25) is 0 Å². The third kappa shape index (κ3) is 46.6. The summed E-state index contributed by atoms with van der Waals surface area (Å²) in [6, 6.07) is 0. The molecule has 0 aliphatic carbocycles. The van der Waals surface area contributed by atoms with E-state index in [0.717, 1.165) is 6.42 Å². The second kappa shape index (κ2) is 17.5. The molecule has 5 nitrogen and oxygen atoms in total. The molecule has 0 fully saturated rings. The molecule has 102 valence electrons. The quantitative estimate of drug-likeness (QED) is 0.321. The summed E-state index contributed by atoms with van der Waals surface area (Å²) in [5.74, 6) is 0. The van der Waals surface area contributed by atoms with Crippen molar-refractivity contribution in [2.24, 2.45) is 0 Å². The molecule has 0 aromatic carbocycles. The zero-order valence-electron chi connectivity index (χ0n) is 11.9. The van der Waals surface area contributed by atoms with Gasteiger partial charge in [0.2, 0.25) is 0 Å². The van der Waals surface area contributed by atoms with Crippen LogP contribution in [0.1, 0.15) is 59.7 Å². The molecule has 3 N–H and O–H groups in total. The fourth-order valence-electron chi connectivity index (χ4n) is 1.25. The predicted molar refractivity (Wildman–Crippen MR) is 65.0 cm³/mol. The summed E-state index contributed by atoms with van der Waals surface area (Å²) in [7, 11) is -4.67. The van der Waals surface area contributed by atoms with E-state index in [1.807, 2.05) is 0 Å². The second-order valence-corrected chi connectivity index (χ2v) is 4.54. The molecule has 0 saturated carbocycles. The van der Waals surface area contributed by atoms with Gasteiger partial charge in [0.05, 0.1) is 0 Å².